The maximum atomic E-state index is 13.6. The number of rotatable bonds is 5. The van der Waals surface area contributed by atoms with Crippen molar-refractivity contribution in [3.8, 4) is 11.9 Å². The molecule has 2 heterocycles. The van der Waals surface area contributed by atoms with Crippen LogP contribution >= 0.6 is 0 Å². The zero-order valence-corrected chi connectivity index (χ0v) is 19.0. The normalized spacial score (nSPS) is 14.1. The van der Waals surface area contributed by atoms with E-state index in [0.29, 0.717) is 31.6 Å². The SMILES string of the molecule is COc1nc(C#N)ccc1NC(=O)N(c1ccccc1C(C)C)C1CCN(C(C)=O)CC1. The zero-order chi connectivity index (χ0) is 23.3. The Morgan fingerprint density at radius 3 is 2.50 bits per heavy atom. The summed E-state index contributed by atoms with van der Waals surface area (Å²) < 4.78 is 5.28. The molecule has 0 radical (unpaired) electrons. The summed E-state index contributed by atoms with van der Waals surface area (Å²) in [5.74, 6) is 0.459. The Kier molecular flexibility index (Phi) is 7.31. The standard InChI is InChI=1S/C24H29N5O3/c1-16(2)20-7-5-6-8-22(20)29(19-11-13-28(14-12-19)17(3)30)24(31)27-21-10-9-18(15-25)26-23(21)32-4/h5-10,16,19H,11-14H2,1-4H3,(H,27,31). The van der Waals surface area contributed by atoms with Crippen molar-refractivity contribution in [2.45, 2.75) is 45.6 Å². The highest BCUT2D eigenvalue weighted by Gasteiger charge is 2.32. The number of benzene rings is 1. The van der Waals surface area contributed by atoms with Gasteiger partial charge in [0.1, 0.15) is 17.5 Å². The minimum absolute atomic E-state index is 0.0513. The number of aromatic nitrogens is 1. The molecule has 0 saturated carbocycles. The number of anilines is 2. The number of carbonyl (C=O) groups is 2. The topological polar surface area (TPSA) is 98.6 Å². The van der Waals surface area contributed by atoms with Crippen molar-refractivity contribution in [1.82, 2.24) is 9.88 Å². The minimum Gasteiger partial charge on any atom is -0.479 e. The Morgan fingerprint density at radius 2 is 1.91 bits per heavy atom. The van der Waals surface area contributed by atoms with Gasteiger partial charge in [0.15, 0.2) is 0 Å². The fraction of sp³-hybridized carbons (Fsp3) is 0.417. The molecule has 3 rings (SSSR count). The van der Waals surface area contributed by atoms with Gasteiger partial charge in [-0.2, -0.15) is 5.26 Å². The summed E-state index contributed by atoms with van der Waals surface area (Å²) in [5, 5.41) is 12.0. The first kappa shape index (κ1) is 23.1. The van der Waals surface area contributed by atoms with E-state index in [4.69, 9.17) is 10.00 Å². The van der Waals surface area contributed by atoms with E-state index in [1.165, 1.54) is 13.2 Å². The van der Waals surface area contributed by atoms with Gasteiger partial charge in [-0.15, -0.1) is 0 Å². The first-order valence-corrected chi connectivity index (χ1v) is 10.8. The van der Waals surface area contributed by atoms with Gasteiger partial charge in [-0.3, -0.25) is 9.69 Å². The highest BCUT2D eigenvalue weighted by atomic mass is 16.5. The van der Waals surface area contributed by atoms with Crippen molar-refractivity contribution in [2.75, 3.05) is 30.4 Å². The van der Waals surface area contributed by atoms with E-state index in [1.807, 2.05) is 35.2 Å². The number of ether oxygens (including phenoxy) is 1. The summed E-state index contributed by atoms with van der Waals surface area (Å²) in [6.45, 7) is 6.98. The lowest BCUT2D eigenvalue weighted by Crippen LogP contribution is -2.50. The van der Waals surface area contributed by atoms with Gasteiger partial charge in [-0.1, -0.05) is 32.0 Å². The van der Waals surface area contributed by atoms with Crippen molar-refractivity contribution in [1.29, 1.82) is 5.26 Å². The largest absolute Gasteiger partial charge is 0.479 e. The first-order chi connectivity index (χ1) is 15.3. The molecule has 1 aromatic heterocycles. The molecule has 3 amide bonds. The van der Waals surface area contributed by atoms with Gasteiger partial charge in [-0.05, 0) is 42.5 Å². The van der Waals surface area contributed by atoms with Gasteiger partial charge in [-0.25, -0.2) is 9.78 Å². The summed E-state index contributed by atoms with van der Waals surface area (Å²) in [5.41, 5.74) is 2.52. The predicted octanol–water partition coefficient (Wildman–Crippen LogP) is 4.13. The van der Waals surface area contributed by atoms with Gasteiger partial charge < -0.3 is 15.0 Å². The van der Waals surface area contributed by atoms with E-state index >= 15 is 0 Å². The molecule has 168 valence electrons. The Bertz CT molecular complexity index is 1020. The molecule has 8 heteroatoms. The molecule has 32 heavy (non-hydrogen) atoms. The van der Waals surface area contributed by atoms with Crippen molar-refractivity contribution >= 4 is 23.3 Å². The average Bonchev–Trinajstić information content (AvgIpc) is 2.80. The number of hydrogen-bond donors (Lipinski definition) is 1. The lowest BCUT2D eigenvalue weighted by Gasteiger charge is -2.39. The highest BCUT2D eigenvalue weighted by Crippen LogP contribution is 2.33. The van der Waals surface area contributed by atoms with Crippen LogP contribution in [0.2, 0.25) is 0 Å². The van der Waals surface area contributed by atoms with Crippen LogP contribution in [0.25, 0.3) is 0 Å². The third-order valence-electron chi connectivity index (χ3n) is 5.72. The molecular weight excluding hydrogens is 406 g/mol. The van der Waals surface area contributed by atoms with Crippen LogP contribution in [0.5, 0.6) is 5.88 Å². The molecular formula is C24H29N5O3. The van der Waals surface area contributed by atoms with Crippen LogP contribution in [0.3, 0.4) is 0 Å². The monoisotopic (exact) mass is 435 g/mol. The summed E-state index contributed by atoms with van der Waals surface area (Å²) >= 11 is 0. The molecule has 1 fully saturated rings. The van der Waals surface area contributed by atoms with Gasteiger partial charge in [0.05, 0.1) is 7.11 Å². The molecule has 1 N–H and O–H groups in total. The molecule has 1 saturated heterocycles. The summed E-state index contributed by atoms with van der Waals surface area (Å²) in [7, 11) is 1.45. The smallest absolute Gasteiger partial charge is 0.326 e. The number of likely N-dealkylation sites (tertiary alicyclic amines) is 1. The minimum atomic E-state index is -0.302. The molecule has 1 aliphatic heterocycles. The second kappa shape index (κ2) is 10.1. The molecule has 0 atom stereocenters. The molecule has 2 aromatic rings. The number of nitriles is 1. The third-order valence-corrected chi connectivity index (χ3v) is 5.72. The Balaban J connectivity index is 1.95. The van der Waals surface area contributed by atoms with Crippen LogP contribution < -0.4 is 15.0 Å². The van der Waals surface area contributed by atoms with E-state index in [1.54, 1.807) is 17.9 Å². The van der Waals surface area contributed by atoms with Crippen molar-refractivity contribution in [3.63, 3.8) is 0 Å². The zero-order valence-electron chi connectivity index (χ0n) is 19.0. The highest BCUT2D eigenvalue weighted by molar-refractivity contribution is 6.03. The number of carbonyl (C=O) groups excluding carboxylic acids is 2. The first-order valence-electron chi connectivity index (χ1n) is 10.8. The molecule has 1 aliphatic rings. The number of pyridine rings is 1. The fourth-order valence-corrected chi connectivity index (χ4v) is 4.03. The summed E-state index contributed by atoms with van der Waals surface area (Å²) in [6, 6.07) is 12.7. The third kappa shape index (κ3) is 4.99. The number of methoxy groups -OCH3 is 1. The van der Waals surface area contributed by atoms with Crippen LogP contribution in [0, 0.1) is 11.3 Å². The molecule has 0 bridgehead atoms. The van der Waals surface area contributed by atoms with Gasteiger partial charge in [0.25, 0.3) is 0 Å². The molecule has 0 aliphatic carbocycles. The van der Waals surface area contributed by atoms with E-state index in [2.05, 4.69) is 24.1 Å². The number of nitrogens with one attached hydrogen (secondary N) is 1. The van der Waals surface area contributed by atoms with Gasteiger partial charge in [0, 0.05) is 31.7 Å². The second-order valence-electron chi connectivity index (χ2n) is 8.12. The summed E-state index contributed by atoms with van der Waals surface area (Å²) in [6.07, 6.45) is 1.37. The number of amides is 3. The Hall–Kier alpha value is -3.60. The van der Waals surface area contributed by atoms with E-state index in [9.17, 15) is 9.59 Å². The van der Waals surface area contributed by atoms with Crippen LogP contribution in [-0.2, 0) is 4.79 Å². The number of urea groups is 1. The van der Waals surface area contributed by atoms with E-state index in [-0.39, 0.29) is 35.5 Å². The lowest BCUT2D eigenvalue weighted by atomic mass is 9.97. The quantitative estimate of drug-likeness (QED) is 0.761. The maximum Gasteiger partial charge on any atom is 0.326 e. The van der Waals surface area contributed by atoms with Crippen molar-refractivity contribution in [3.05, 3.63) is 47.7 Å². The van der Waals surface area contributed by atoms with Crippen LogP contribution in [0.4, 0.5) is 16.2 Å². The maximum absolute atomic E-state index is 13.6. The Labute approximate surface area is 188 Å². The van der Waals surface area contributed by atoms with Crippen LogP contribution in [-0.4, -0.2) is 48.1 Å². The number of hydrogen-bond acceptors (Lipinski definition) is 5. The van der Waals surface area contributed by atoms with Crippen molar-refractivity contribution in [2.24, 2.45) is 0 Å². The number of nitrogens with zero attached hydrogens (tertiary/aromatic N) is 4. The predicted molar refractivity (Wildman–Crippen MR) is 123 cm³/mol. The molecule has 0 spiro atoms. The second-order valence-corrected chi connectivity index (χ2v) is 8.12. The van der Waals surface area contributed by atoms with Crippen molar-refractivity contribution < 1.29 is 14.3 Å². The van der Waals surface area contributed by atoms with Gasteiger partial charge >= 0.3 is 6.03 Å². The number of para-hydroxylation sites is 1. The Morgan fingerprint density at radius 1 is 1.22 bits per heavy atom. The van der Waals surface area contributed by atoms with E-state index < -0.39 is 0 Å². The van der Waals surface area contributed by atoms with Crippen LogP contribution in [0.1, 0.15) is 50.8 Å². The lowest BCUT2D eigenvalue weighted by molar-refractivity contribution is -0.129. The average molecular weight is 436 g/mol. The fourth-order valence-electron chi connectivity index (χ4n) is 4.03. The molecule has 8 nitrogen and oxygen atoms in total. The molecule has 0 unspecified atom stereocenters. The van der Waals surface area contributed by atoms with Gasteiger partial charge in [0.2, 0.25) is 11.8 Å². The van der Waals surface area contributed by atoms with Crippen LogP contribution in [0.15, 0.2) is 36.4 Å². The summed E-state index contributed by atoms with van der Waals surface area (Å²) in [4.78, 5) is 33.1. The molecule has 1 aromatic carbocycles. The van der Waals surface area contributed by atoms with E-state index in [0.717, 1.165) is 11.3 Å². The number of piperidine rings is 1.